The van der Waals surface area contributed by atoms with Crippen LogP contribution in [0.15, 0.2) is 40.4 Å². The summed E-state index contributed by atoms with van der Waals surface area (Å²) >= 11 is 19.0. The van der Waals surface area contributed by atoms with Crippen molar-refractivity contribution in [1.29, 1.82) is 0 Å². The van der Waals surface area contributed by atoms with Crippen LogP contribution >= 0.6 is 34.8 Å². The normalized spacial score (nSPS) is 13.8. The van der Waals surface area contributed by atoms with Crippen molar-refractivity contribution in [1.82, 2.24) is 5.32 Å². The summed E-state index contributed by atoms with van der Waals surface area (Å²) in [6.07, 6.45) is 19.2. The minimum absolute atomic E-state index is 0.0145. The van der Waals surface area contributed by atoms with E-state index in [-0.39, 0.29) is 33.2 Å². The lowest BCUT2D eigenvalue weighted by atomic mass is 10.0. The van der Waals surface area contributed by atoms with E-state index in [1.165, 1.54) is 89.2 Å². The molecule has 3 rings (SSSR count). The van der Waals surface area contributed by atoms with Crippen LogP contribution in [0.3, 0.4) is 0 Å². The molecule has 0 aromatic heterocycles. The van der Waals surface area contributed by atoms with Crippen molar-refractivity contribution in [2.45, 2.75) is 130 Å². The van der Waals surface area contributed by atoms with Gasteiger partial charge in [0.15, 0.2) is 11.5 Å². The largest absolute Gasteiger partial charge is 0.372 e. The van der Waals surface area contributed by atoms with Gasteiger partial charge in [-0.3, -0.25) is 9.59 Å². The lowest BCUT2D eigenvalue weighted by molar-refractivity contribution is -0.119. The van der Waals surface area contributed by atoms with Crippen LogP contribution in [-0.2, 0) is 9.59 Å². The average molecular weight is 719 g/mol. The van der Waals surface area contributed by atoms with Gasteiger partial charge in [0.25, 0.3) is 0 Å². The summed E-state index contributed by atoms with van der Waals surface area (Å²) < 4.78 is 0. The van der Waals surface area contributed by atoms with Gasteiger partial charge in [0.1, 0.15) is 5.69 Å². The number of hydrogen-bond donors (Lipinski definition) is 1. The molecule has 0 radical (unpaired) electrons. The van der Waals surface area contributed by atoms with Crippen LogP contribution in [0.4, 0.5) is 17.1 Å². The van der Waals surface area contributed by atoms with Gasteiger partial charge in [0, 0.05) is 30.2 Å². The topological polar surface area (TPSA) is 77.4 Å². The van der Waals surface area contributed by atoms with E-state index in [1.54, 1.807) is 0 Å². The minimum atomic E-state index is -0.546. The number of rotatable bonds is 21. The van der Waals surface area contributed by atoms with E-state index in [0.717, 1.165) is 48.6 Å². The number of carbonyl (C=O) groups is 2. The minimum Gasteiger partial charge on any atom is -0.372 e. The van der Waals surface area contributed by atoms with E-state index in [0.29, 0.717) is 17.1 Å². The number of nitrogens with one attached hydrogen (secondary N) is 1. The van der Waals surface area contributed by atoms with E-state index in [4.69, 9.17) is 39.8 Å². The number of hydrogen-bond acceptors (Lipinski definition) is 5. The Labute approximate surface area is 303 Å². The number of halogens is 3. The SMILES string of the molecule is CCCCCCCCCCCCCCCCCC(=O)NC1=NN(c2c(Cl)cc(Cl)cc2Cl)C(=O)C1=Nc1ccc(N(CC)CC)cc1C. The van der Waals surface area contributed by atoms with Gasteiger partial charge in [0.05, 0.1) is 15.7 Å². The summed E-state index contributed by atoms with van der Waals surface area (Å²) in [4.78, 5) is 33.8. The molecule has 7 nitrogen and oxygen atoms in total. The fraction of sp³-hybridized carbons (Fsp3) is 0.579. The zero-order valence-electron chi connectivity index (χ0n) is 29.4. The summed E-state index contributed by atoms with van der Waals surface area (Å²) in [5.41, 5.74) is 2.77. The standard InChI is InChI=1S/C38H54Cl3N5O2/c1-5-8-9-10-11-12-13-14-15-16-17-18-19-20-21-22-34(47)43-37-35(42-33-24-23-30(25-28(33)4)45(6-2)7-3)38(48)46(44-37)36-31(40)26-29(39)27-32(36)41/h23-27H,5-22H2,1-4H3,(H,43,44,47). The Morgan fingerprint density at radius 2 is 1.31 bits per heavy atom. The fourth-order valence-electron chi connectivity index (χ4n) is 5.99. The summed E-state index contributed by atoms with van der Waals surface area (Å²) in [5.74, 6) is -0.691. The summed E-state index contributed by atoms with van der Waals surface area (Å²) in [5, 5.41) is 9.03. The van der Waals surface area contributed by atoms with Crippen molar-refractivity contribution in [3.63, 3.8) is 0 Å². The molecule has 0 aliphatic carbocycles. The molecule has 264 valence electrons. The summed E-state index contributed by atoms with van der Waals surface area (Å²) in [6.45, 7) is 10.2. The molecular weight excluding hydrogens is 665 g/mol. The molecule has 0 fully saturated rings. The molecule has 2 amide bonds. The molecule has 0 saturated carbocycles. The second-order valence-electron chi connectivity index (χ2n) is 12.6. The van der Waals surface area contributed by atoms with Gasteiger partial charge in [-0.2, -0.15) is 5.01 Å². The van der Waals surface area contributed by atoms with Crippen molar-refractivity contribution >= 4 is 75.2 Å². The average Bonchev–Trinajstić information content (AvgIpc) is 3.33. The van der Waals surface area contributed by atoms with Crippen molar-refractivity contribution in [2.75, 3.05) is 23.0 Å². The van der Waals surface area contributed by atoms with Crippen LogP contribution in [-0.4, -0.2) is 36.5 Å². The second-order valence-corrected chi connectivity index (χ2v) is 13.9. The molecule has 0 atom stereocenters. The smallest absolute Gasteiger partial charge is 0.301 e. The number of unbranched alkanes of at least 4 members (excludes halogenated alkanes) is 14. The first-order valence-corrected chi connectivity index (χ1v) is 19.2. The number of amides is 2. The lowest BCUT2D eigenvalue weighted by Crippen LogP contribution is -2.37. The van der Waals surface area contributed by atoms with Gasteiger partial charge in [-0.1, -0.05) is 132 Å². The number of amidine groups is 1. The fourth-order valence-corrected chi connectivity index (χ4v) is 6.97. The maximum absolute atomic E-state index is 13.7. The Balaban J connectivity index is 1.57. The highest BCUT2D eigenvalue weighted by Crippen LogP contribution is 2.38. The third kappa shape index (κ3) is 12.4. The molecule has 0 spiro atoms. The first-order chi connectivity index (χ1) is 23.2. The van der Waals surface area contributed by atoms with Crippen molar-refractivity contribution in [3.8, 4) is 0 Å². The Hall–Kier alpha value is -2.61. The molecule has 0 saturated heterocycles. The number of hydrazone groups is 1. The Kier molecular flexibility index (Phi) is 17.8. The third-order valence-electron chi connectivity index (χ3n) is 8.82. The number of aliphatic imine (C=N–C) groups is 1. The molecule has 0 bridgehead atoms. The maximum Gasteiger partial charge on any atom is 0.301 e. The molecule has 1 aliphatic heterocycles. The number of carbonyl (C=O) groups excluding carboxylic acids is 2. The van der Waals surface area contributed by atoms with Gasteiger partial charge in [-0.15, -0.1) is 5.10 Å². The van der Waals surface area contributed by atoms with Crippen molar-refractivity contribution in [2.24, 2.45) is 10.1 Å². The highest BCUT2D eigenvalue weighted by Gasteiger charge is 2.36. The zero-order chi connectivity index (χ0) is 34.9. The molecule has 1 heterocycles. The van der Waals surface area contributed by atoms with Gasteiger partial charge >= 0.3 is 5.91 Å². The first-order valence-electron chi connectivity index (χ1n) is 18.0. The molecule has 1 aliphatic rings. The molecule has 48 heavy (non-hydrogen) atoms. The van der Waals surface area contributed by atoms with E-state index in [2.05, 4.69) is 36.1 Å². The number of nitrogens with zero attached hydrogens (tertiary/aromatic N) is 4. The van der Waals surface area contributed by atoms with Crippen LogP contribution < -0.4 is 15.2 Å². The molecule has 10 heteroatoms. The first kappa shape index (κ1) is 39.8. The number of aryl methyl sites for hydroxylation is 1. The van der Waals surface area contributed by atoms with Crippen LogP contribution in [0, 0.1) is 6.92 Å². The quantitative estimate of drug-likeness (QED) is 0.131. The van der Waals surface area contributed by atoms with Gasteiger partial charge in [-0.05, 0) is 63.1 Å². The highest BCUT2D eigenvalue weighted by molar-refractivity contribution is 6.72. The second kappa shape index (κ2) is 21.5. The van der Waals surface area contributed by atoms with Crippen LogP contribution in [0.1, 0.15) is 129 Å². The highest BCUT2D eigenvalue weighted by atomic mass is 35.5. The monoisotopic (exact) mass is 717 g/mol. The van der Waals surface area contributed by atoms with E-state index < -0.39 is 5.91 Å². The van der Waals surface area contributed by atoms with Crippen LogP contribution in [0.25, 0.3) is 0 Å². The Morgan fingerprint density at radius 3 is 1.81 bits per heavy atom. The molecule has 2 aromatic carbocycles. The summed E-state index contributed by atoms with van der Waals surface area (Å²) in [6, 6.07) is 8.89. The van der Waals surface area contributed by atoms with Crippen molar-refractivity contribution < 1.29 is 9.59 Å². The predicted octanol–water partition coefficient (Wildman–Crippen LogP) is 11.6. The summed E-state index contributed by atoms with van der Waals surface area (Å²) in [7, 11) is 0. The molecule has 2 aromatic rings. The number of benzene rings is 2. The van der Waals surface area contributed by atoms with Gasteiger partial charge in [-0.25, -0.2) is 4.99 Å². The zero-order valence-corrected chi connectivity index (χ0v) is 31.6. The maximum atomic E-state index is 13.7. The van der Waals surface area contributed by atoms with E-state index in [1.807, 2.05) is 25.1 Å². The van der Waals surface area contributed by atoms with E-state index >= 15 is 0 Å². The molecule has 1 N–H and O–H groups in total. The Bertz CT molecular complexity index is 1380. The predicted molar refractivity (Wildman–Crippen MR) is 206 cm³/mol. The Morgan fingerprint density at radius 1 is 0.792 bits per heavy atom. The lowest BCUT2D eigenvalue weighted by Gasteiger charge is -2.21. The van der Waals surface area contributed by atoms with Gasteiger partial charge in [0.2, 0.25) is 5.91 Å². The molecular formula is C38H54Cl3N5O2. The van der Waals surface area contributed by atoms with E-state index in [9.17, 15) is 9.59 Å². The number of anilines is 2. The van der Waals surface area contributed by atoms with Crippen LogP contribution in [0.2, 0.25) is 15.1 Å². The molecule has 0 unspecified atom stereocenters. The van der Waals surface area contributed by atoms with Crippen molar-refractivity contribution in [3.05, 3.63) is 51.0 Å². The van der Waals surface area contributed by atoms with Gasteiger partial charge < -0.3 is 10.2 Å². The third-order valence-corrected chi connectivity index (χ3v) is 9.61. The van der Waals surface area contributed by atoms with Crippen LogP contribution in [0.5, 0.6) is 0 Å².